The highest BCUT2D eigenvalue weighted by molar-refractivity contribution is 5.94. The molecular formula is C18H16N2O3. The first-order valence-corrected chi connectivity index (χ1v) is 7.19. The lowest BCUT2D eigenvalue weighted by Crippen LogP contribution is -2.27. The fraction of sp³-hybridized carbons (Fsp3) is 0.111. The van der Waals surface area contributed by atoms with Crippen LogP contribution in [0.5, 0.6) is 5.75 Å². The zero-order chi connectivity index (χ0) is 16.2. The molecule has 0 unspecified atom stereocenters. The van der Waals surface area contributed by atoms with Crippen molar-refractivity contribution >= 4 is 16.7 Å². The summed E-state index contributed by atoms with van der Waals surface area (Å²) in [6.07, 6.45) is 2.61. The average Bonchev–Trinajstić information content (AvgIpc) is 2.59. The second-order valence-corrected chi connectivity index (χ2v) is 5.18. The lowest BCUT2D eigenvalue weighted by molar-refractivity contribution is -0.605. The molecule has 3 aromatic rings. The van der Waals surface area contributed by atoms with E-state index in [1.807, 2.05) is 36.4 Å². The smallest absolute Gasteiger partial charge is 0.252 e. The second kappa shape index (κ2) is 6.36. The SMILES string of the molecule is COc1ccc2cc(CNC(=O)c3cc[n+]([O-])cc3)ccc2c1. The zero-order valence-corrected chi connectivity index (χ0v) is 12.7. The molecule has 1 N–H and O–H groups in total. The molecule has 0 saturated carbocycles. The van der Waals surface area contributed by atoms with Gasteiger partial charge in [-0.05, 0) is 34.5 Å². The molecule has 0 aliphatic heterocycles. The fourth-order valence-corrected chi connectivity index (χ4v) is 2.36. The number of pyridine rings is 1. The Morgan fingerprint density at radius 3 is 2.52 bits per heavy atom. The Morgan fingerprint density at radius 2 is 1.78 bits per heavy atom. The van der Waals surface area contributed by atoms with Gasteiger partial charge in [0, 0.05) is 18.7 Å². The molecule has 5 nitrogen and oxygen atoms in total. The van der Waals surface area contributed by atoms with E-state index in [1.54, 1.807) is 7.11 Å². The van der Waals surface area contributed by atoms with Crippen molar-refractivity contribution in [2.75, 3.05) is 7.11 Å². The van der Waals surface area contributed by atoms with E-state index in [-0.39, 0.29) is 5.91 Å². The summed E-state index contributed by atoms with van der Waals surface area (Å²) in [6, 6.07) is 14.9. The third-order valence-electron chi connectivity index (χ3n) is 3.63. The van der Waals surface area contributed by atoms with Crippen LogP contribution >= 0.6 is 0 Å². The van der Waals surface area contributed by atoms with Crippen LogP contribution in [0.15, 0.2) is 60.9 Å². The summed E-state index contributed by atoms with van der Waals surface area (Å²) in [4.78, 5) is 12.0. The summed E-state index contributed by atoms with van der Waals surface area (Å²) in [5.41, 5.74) is 1.47. The molecule has 0 aliphatic carbocycles. The monoisotopic (exact) mass is 308 g/mol. The number of hydrogen-bond acceptors (Lipinski definition) is 3. The summed E-state index contributed by atoms with van der Waals surface area (Å²) >= 11 is 0. The van der Waals surface area contributed by atoms with Crippen molar-refractivity contribution < 1.29 is 14.3 Å². The second-order valence-electron chi connectivity index (χ2n) is 5.18. The third kappa shape index (κ3) is 3.40. The van der Waals surface area contributed by atoms with Crippen LogP contribution < -0.4 is 14.8 Å². The van der Waals surface area contributed by atoms with Crippen LogP contribution in [0.2, 0.25) is 0 Å². The number of nitrogens with zero attached hydrogens (tertiary/aromatic N) is 1. The van der Waals surface area contributed by atoms with Crippen molar-refractivity contribution in [3.63, 3.8) is 0 Å². The fourth-order valence-electron chi connectivity index (χ4n) is 2.36. The zero-order valence-electron chi connectivity index (χ0n) is 12.7. The average molecular weight is 308 g/mol. The maximum Gasteiger partial charge on any atom is 0.252 e. The lowest BCUT2D eigenvalue weighted by atomic mass is 10.1. The van der Waals surface area contributed by atoms with Crippen LogP contribution in [0, 0.1) is 5.21 Å². The molecule has 0 aliphatic rings. The molecule has 1 aromatic heterocycles. The Kier molecular flexibility index (Phi) is 4.10. The van der Waals surface area contributed by atoms with Gasteiger partial charge in [0.05, 0.1) is 12.7 Å². The molecular weight excluding hydrogens is 292 g/mol. The summed E-state index contributed by atoms with van der Waals surface area (Å²) in [7, 11) is 1.64. The molecule has 116 valence electrons. The minimum Gasteiger partial charge on any atom is -0.619 e. The first-order valence-electron chi connectivity index (χ1n) is 7.19. The van der Waals surface area contributed by atoms with Gasteiger partial charge in [-0.25, -0.2) is 0 Å². The summed E-state index contributed by atoms with van der Waals surface area (Å²) < 4.78 is 5.86. The molecule has 3 rings (SSSR count). The number of hydrogen-bond donors (Lipinski definition) is 1. The summed E-state index contributed by atoms with van der Waals surface area (Å²) in [6.45, 7) is 0.424. The van der Waals surface area contributed by atoms with Gasteiger partial charge in [-0.2, -0.15) is 4.73 Å². The number of methoxy groups -OCH3 is 1. The van der Waals surface area contributed by atoms with Gasteiger partial charge in [0.1, 0.15) is 5.75 Å². The number of carbonyl (C=O) groups excluding carboxylic acids is 1. The molecule has 0 spiro atoms. The molecule has 1 heterocycles. The lowest BCUT2D eigenvalue weighted by Gasteiger charge is -2.07. The largest absolute Gasteiger partial charge is 0.619 e. The Bertz CT molecular complexity index is 845. The molecule has 0 saturated heterocycles. The van der Waals surface area contributed by atoms with Gasteiger partial charge in [-0.3, -0.25) is 4.79 Å². The van der Waals surface area contributed by atoms with Gasteiger partial charge in [0.25, 0.3) is 5.91 Å². The van der Waals surface area contributed by atoms with Gasteiger partial charge in [-0.1, -0.05) is 18.2 Å². The predicted molar refractivity (Wildman–Crippen MR) is 87.1 cm³/mol. The minimum absolute atomic E-state index is 0.208. The number of ether oxygens (including phenoxy) is 1. The number of benzene rings is 2. The minimum atomic E-state index is -0.208. The maximum absolute atomic E-state index is 12.0. The summed E-state index contributed by atoms with van der Waals surface area (Å²) in [5.74, 6) is 0.610. The van der Waals surface area contributed by atoms with Gasteiger partial charge in [0.2, 0.25) is 0 Å². The number of rotatable bonds is 4. The van der Waals surface area contributed by atoms with Crippen LogP contribution in [0.4, 0.5) is 0 Å². The van der Waals surface area contributed by atoms with Crippen LogP contribution in [0.25, 0.3) is 10.8 Å². The molecule has 23 heavy (non-hydrogen) atoms. The van der Waals surface area contributed by atoms with Crippen LogP contribution in [-0.2, 0) is 6.54 Å². The van der Waals surface area contributed by atoms with Gasteiger partial charge >= 0.3 is 0 Å². The number of amides is 1. The van der Waals surface area contributed by atoms with E-state index in [0.29, 0.717) is 16.8 Å². The molecule has 0 radical (unpaired) electrons. The van der Waals surface area contributed by atoms with Crippen LogP contribution in [0.1, 0.15) is 15.9 Å². The van der Waals surface area contributed by atoms with Crippen molar-refractivity contribution in [3.8, 4) is 5.75 Å². The van der Waals surface area contributed by atoms with E-state index in [1.165, 1.54) is 24.5 Å². The van der Waals surface area contributed by atoms with E-state index in [0.717, 1.165) is 22.1 Å². The molecule has 0 fully saturated rings. The third-order valence-corrected chi connectivity index (χ3v) is 3.63. The molecule has 0 atom stereocenters. The Morgan fingerprint density at radius 1 is 1.09 bits per heavy atom. The highest BCUT2D eigenvalue weighted by Crippen LogP contribution is 2.21. The van der Waals surface area contributed by atoms with Crippen LogP contribution in [0.3, 0.4) is 0 Å². The van der Waals surface area contributed by atoms with E-state index >= 15 is 0 Å². The van der Waals surface area contributed by atoms with Gasteiger partial charge < -0.3 is 15.3 Å². The molecule has 0 bridgehead atoms. The van der Waals surface area contributed by atoms with Crippen molar-refractivity contribution in [2.24, 2.45) is 0 Å². The first kappa shape index (κ1) is 14.8. The topological polar surface area (TPSA) is 65.3 Å². The Labute approximate surface area is 133 Å². The van der Waals surface area contributed by atoms with E-state index in [9.17, 15) is 10.0 Å². The number of carbonyl (C=O) groups is 1. The number of aromatic nitrogens is 1. The summed E-state index contributed by atoms with van der Waals surface area (Å²) in [5, 5.41) is 16.0. The normalized spacial score (nSPS) is 10.5. The molecule has 2 aromatic carbocycles. The van der Waals surface area contributed by atoms with Crippen molar-refractivity contribution in [2.45, 2.75) is 6.54 Å². The highest BCUT2D eigenvalue weighted by atomic mass is 16.5. The van der Waals surface area contributed by atoms with E-state index in [4.69, 9.17) is 4.74 Å². The molecule has 1 amide bonds. The maximum atomic E-state index is 12.0. The van der Waals surface area contributed by atoms with Crippen LogP contribution in [-0.4, -0.2) is 13.0 Å². The van der Waals surface area contributed by atoms with E-state index in [2.05, 4.69) is 5.32 Å². The Hall–Kier alpha value is -3.08. The van der Waals surface area contributed by atoms with Gasteiger partial charge in [0.15, 0.2) is 12.4 Å². The quantitative estimate of drug-likeness (QED) is 0.594. The van der Waals surface area contributed by atoms with Crippen molar-refractivity contribution in [3.05, 3.63) is 77.3 Å². The van der Waals surface area contributed by atoms with Crippen molar-refractivity contribution in [1.29, 1.82) is 0 Å². The highest BCUT2D eigenvalue weighted by Gasteiger charge is 2.06. The number of fused-ring (bicyclic) bond motifs is 1. The van der Waals surface area contributed by atoms with Crippen molar-refractivity contribution in [1.82, 2.24) is 5.32 Å². The first-order chi connectivity index (χ1) is 11.2. The number of nitrogens with one attached hydrogen (secondary N) is 1. The van der Waals surface area contributed by atoms with E-state index < -0.39 is 0 Å². The molecule has 5 heteroatoms. The predicted octanol–water partition coefficient (Wildman–Crippen LogP) is 2.41. The van der Waals surface area contributed by atoms with Gasteiger partial charge in [-0.15, -0.1) is 0 Å². The standard InChI is InChI=1S/C18H16N2O3/c1-23-17-5-4-15-10-13(2-3-16(15)11-17)12-19-18(21)14-6-8-20(22)9-7-14/h2-11H,12H2,1H3,(H,19,21). The Balaban J connectivity index is 1.71.